The summed E-state index contributed by atoms with van der Waals surface area (Å²) in [7, 11) is 0. The van der Waals surface area contributed by atoms with E-state index in [1.54, 1.807) is 17.5 Å². The average molecular weight is 403 g/mol. The summed E-state index contributed by atoms with van der Waals surface area (Å²) in [6.07, 6.45) is 1.22. The lowest BCUT2D eigenvalue weighted by molar-refractivity contribution is -0.134. The van der Waals surface area contributed by atoms with E-state index in [2.05, 4.69) is 15.2 Å². The smallest absolute Gasteiger partial charge is 0.408 e. The van der Waals surface area contributed by atoms with Crippen LogP contribution in [0.2, 0.25) is 0 Å². The molecule has 1 aliphatic heterocycles. The van der Waals surface area contributed by atoms with Crippen LogP contribution in [-0.4, -0.2) is 54.1 Å². The van der Waals surface area contributed by atoms with Gasteiger partial charge < -0.3 is 19.9 Å². The number of anilines is 1. The Kier molecular flexibility index (Phi) is 6.86. The summed E-state index contributed by atoms with van der Waals surface area (Å²) >= 11 is 1.60. The van der Waals surface area contributed by atoms with Crippen molar-refractivity contribution in [1.29, 1.82) is 0 Å². The van der Waals surface area contributed by atoms with Crippen molar-refractivity contribution in [3.63, 3.8) is 0 Å². The Morgan fingerprint density at radius 2 is 1.89 bits per heavy atom. The van der Waals surface area contributed by atoms with E-state index in [1.165, 1.54) is 0 Å². The Hall–Kier alpha value is -2.61. The molecule has 7 nitrogen and oxygen atoms in total. The topological polar surface area (TPSA) is 74.8 Å². The second-order valence-electron chi connectivity index (χ2n) is 7.05. The summed E-state index contributed by atoms with van der Waals surface area (Å²) < 4.78 is 5.28. The van der Waals surface area contributed by atoms with E-state index in [4.69, 9.17) is 4.74 Å². The molecule has 0 radical (unpaired) electrons. The molecule has 8 heteroatoms. The van der Waals surface area contributed by atoms with Gasteiger partial charge in [0.05, 0.1) is 0 Å². The fourth-order valence-corrected chi connectivity index (χ4v) is 3.79. The normalized spacial score (nSPS) is 15.4. The van der Waals surface area contributed by atoms with Crippen LogP contribution in [0.4, 0.5) is 9.93 Å². The number of alkyl carbamates (subject to hydrolysis) is 1. The quantitative estimate of drug-likeness (QED) is 0.804. The summed E-state index contributed by atoms with van der Waals surface area (Å²) in [6.45, 7) is 6.73. The third kappa shape index (κ3) is 5.22. The largest absolute Gasteiger partial charge is 0.445 e. The molecule has 0 bridgehead atoms. The second kappa shape index (κ2) is 9.54. The molecule has 2 aromatic rings. The van der Waals surface area contributed by atoms with Gasteiger partial charge in [0.15, 0.2) is 5.13 Å². The first-order valence-corrected chi connectivity index (χ1v) is 10.3. The Labute approximate surface area is 169 Å². The fourth-order valence-electron chi connectivity index (χ4n) is 3.09. The van der Waals surface area contributed by atoms with Gasteiger partial charge in [-0.1, -0.05) is 44.2 Å². The van der Waals surface area contributed by atoms with Crippen LogP contribution in [0.5, 0.6) is 0 Å². The van der Waals surface area contributed by atoms with Gasteiger partial charge in [-0.05, 0) is 11.5 Å². The minimum Gasteiger partial charge on any atom is -0.445 e. The number of carbonyl (C=O) groups excluding carboxylic acids is 2. The van der Waals surface area contributed by atoms with E-state index < -0.39 is 12.1 Å². The number of nitrogens with zero attached hydrogens (tertiary/aromatic N) is 3. The molecule has 1 aliphatic rings. The first-order chi connectivity index (χ1) is 13.5. The van der Waals surface area contributed by atoms with E-state index >= 15 is 0 Å². The third-order valence-electron chi connectivity index (χ3n) is 4.70. The summed E-state index contributed by atoms with van der Waals surface area (Å²) in [5.41, 5.74) is 0.906. The van der Waals surface area contributed by atoms with Crippen LogP contribution in [0.25, 0.3) is 0 Å². The molecule has 1 fully saturated rings. The molecule has 0 aliphatic carbocycles. The maximum atomic E-state index is 13.0. The standard InChI is InChI=1S/C20H26N4O3S/c1-15(2)17(22-20(26)27-14-16-6-4-3-5-7-16)18(25)23-9-11-24(12-10-23)19-21-8-13-28-19/h3-8,13,15,17H,9-12,14H2,1-2H3,(H,22,26)/t17-/m1/s1. The highest BCUT2D eigenvalue weighted by Crippen LogP contribution is 2.19. The van der Waals surface area contributed by atoms with Crippen molar-refractivity contribution < 1.29 is 14.3 Å². The molecule has 1 atom stereocenters. The summed E-state index contributed by atoms with van der Waals surface area (Å²) in [5.74, 6) is -0.0979. The van der Waals surface area contributed by atoms with Crippen molar-refractivity contribution in [2.45, 2.75) is 26.5 Å². The van der Waals surface area contributed by atoms with E-state index in [9.17, 15) is 9.59 Å². The van der Waals surface area contributed by atoms with Gasteiger partial charge in [0.1, 0.15) is 12.6 Å². The third-order valence-corrected chi connectivity index (χ3v) is 5.53. The van der Waals surface area contributed by atoms with Gasteiger partial charge in [-0.2, -0.15) is 0 Å². The lowest BCUT2D eigenvalue weighted by atomic mass is 10.0. The number of hydrogen-bond acceptors (Lipinski definition) is 6. The van der Waals surface area contributed by atoms with Gasteiger partial charge in [-0.3, -0.25) is 4.79 Å². The van der Waals surface area contributed by atoms with Crippen LogP contribution in [-0.2, 0) is 16.1 Å². The number of rotatable bonds is 6. The molecule has 2 amide bonds. The van der Waals surface area contributed by atoms with Gasteiger partial charge >= 0.3 is 6.09 Å². The monoisotopic (exact) mass is 402 g/mol. The van der Waals surface area contributed by atoms with Crippen molar-refractivity contribution in [1.82, 2.24) is 15.2 Å². The maximum Gasteiger partial charge on any atom is 0.408 e. The zero-order valence-electron chi connectivity index (χ0n) is 16.2. The van der Waals surface area contributed by atoms with Gasteiger partial charge in [0.25, 0.3) is 0 Å². The van der Waals surface area contributed by atoms with Crippen LogP contribution in [0.1, 0.15) is 19.4 Å². The highest BCUT2D eigenvalue weighted by molar-refractivity contribution is 7.13. The molecule has 1 saturated heterocycles. The Balaban J connectivity index is 1.51. The number of aromatic nitrogens is 1. The number of carbonyl (C=O) groups is 2. The van der Waals surface area contributed by atoms with E-state index in [0.717, 1.165) is 23.8 Å². The predicted molar refractivity (Wildman–Crippen MR) is 109 cm³/mol. The van der Waals surface area contributed by atoms with Crippen molar-refractivity contribution >= 4 is 28.5 Å². The molecule has 3 rings (SSSR count). The van der Waals surface area contributed by atoms with Gasteiger partial charge in [0.2, 0.25) is 5.91 Å². The van der Waals surface area contributed by atoms with Crippen molar-refractivity contribution in [2.24, 2.45) is 5.92 Å². The molecular formula is C20H26N4O3S. The van der Waals surface area contributed by atoms with E-state index in [-0.39, 0.29) is 18.4 Å². The number of hydrogen-bond donors (Lipinski definition) is 1. The van der Waals surface area contributed by atoms with Gasteiger partial charge in [-0.25, -0.2) is 9.78 Å². The second-order valence-corrected chi connectivity index (χ2v) is 7.93. The van der Waals surface area contributed by atoms with Crippen LogP contribution in [0.15, 0.2) is 41.9 Å². The van der Waals surface area contributed by atoms with Crippen LogP contribution >= 0.6 is 11.3 Å². The Bertz CT molecular complexity index is 759. The minimum atomic E-state index is -0.602. The summed E-state index contributed by atoms with van der Waals surface area (Å²) in [4.78, 5) is 33.5. The molecule has 0 spiro atoms. The first kappa shape index (κ1) is 20.1. The van der Waals surface area contributed by atoms with Crippen LogP contribution < -0.4 is 10.2 Å². The molecule has 150 valence electrons. The minimum absolute atomic E-state index is 0.0335. The molecule has 1 aromatic carbocycles. The number of amides is 2. The molecule has 0 saturated carbocycles. The number of thiazole rings is 1. The predicted octanol–water partition coefficient (Wildman–Crippen LogP) is 2.74. The number of piperazine rings is 1. The van der Waals surface area contributed by atoms with Gasteiger partial charge in [0, 0.05) is 37.8 Å². The van der Waals surface area contributed by atoms with Crippen LogP contribution in [0.3, 0.4) is 0 Å². The molecule has 0 unspecified atom stereocenters. The first-order valence-electron chi connectivity index (χ1n) is 9.45. The average Bonchev–Trinajstić information content (AvgIpc) is 3.25. The van der Waals surface area contributed by atoms with E-state index in [0.29, 0.717) is 13.1 Å². The number of benzene rings is 1. The zero-order valence-corrected chi connectivity index (χ0v) is 17.0. The molecule has 1 aromatic heterocycles. The maximum absolute atomic E-state index is 13.0. The lowest BCUT2D eigenvalue weighted by Crippen LogP contribution is -2.56. The van der Waals surface area contributed by atoms with Crippen LogP contribution in [0, 0.1) is 5.92 Å². The SMILES string of the molecule is CC(C)[C@@H](NC(=O)OCc1ccccc1)C(=O)N1CCN(c2nccs2)CC1. The van der Waals surface area contributed by atoms with Crippen molar-refractivity contribution in [3.05, 3.63) is 47.5 Å². The molecule has 1 N–H and O–H groups in total. The Morgan fingerprint density at radius 1 is 1.18 bits per heavy atom. The summed E-state index contributed by atoms with van der Waals surface area (Å²) in [5, 5.41) is 5.68. The molecule has 28 heavy (non-hydrogen) atoms. The molecule has 2 heterocycles. The van der Waals surface area contributed by atoms with E-state index in [1.807, 2.05) is 54.5 Å². The highest BCUT2D eigenvalue weighted by Gasteiger charge is 2.31. The van der Waals surface area contributed by atoms with Crippen molar-refractivity contribution in [3.8, 4) is 0 Å². The lowest BCUT2D eigenvalue weighted by Gasteiger charge is -2.37. The summed E-state index contributed by atoms with van der Waals surface area (Å²) in [6, 6.07) is 8.87. The zero-order chi connectivity index (χ0) is 19.9. The van der Waals surface area contributed by atoms with Gasteiger partial charge in [-0.15, -0.1) is 11.3 Å². The number of ether oxygens (including phenoxy) is 1. The number of nitrogens with one attached hydrogen (secondary N) is 1. The highest BCUT2D eigenvalue weighted by atomic mass is 32.1. The van der Waals surface area contributed by atoms with Crippen molar-refractivity contribution in [2.75, 3.05) is 31.1 Å². The fraction of sp³-hybridized carbons (Fsp3) is 0.450. The Morgan fingerprint density at radius 3 is 2.50 bits per heavy atom. The molecular weight excluding hydrogens is 376 g/mol.